The Balaban J connectivity index is 1.93. The van der Waals surface area contributed by atoms with Gasteiger partial charge in [0.05, 0.1) is 9.95 Å². The number of hydrogen-bond donors (Lipinski definition) is 1. The summed E-state index contributed by atoms with van der Waals surface area (Å²) >= 11 is 6.05. The molecule has 0 aliphatic rings. The number of hydrogen-bond acceptors (Lipinski definition) is 5. The summed E-state index contributed by atoms with van der Waals surface area (Å²) in [6.07, 6.45) is 0. The van der Waals surface area contributed by atoms with Gasteiger partial charge in [-0.2, -0.15) is 0 Å². The molecule has 3 aromatic rings. The zero-order valence-electron chi connectivity index (χ0n) is 13.6. The highest BCUT2D eigenvalue weighted by atomic mass is 35.5. The summed E-state index contributed by atoms with van der Waals surface area (Å²) in [6, 6.07) is 18.7. The Kier molecular flexibility index (Phi) is 5.24. The molecule has 26 heavy (non-hydrogen) atoms. The van der Waals surface area contributed by atoms with Crippen LogP contribution in [0.5, 0.6) is 0 Å². The van der Waals surface area contributed by atoms with Crippen LogP contribution >= 0.6 is 11.6 Å². The van der Waals surface area contributed by atoms with Crippen molar-refractivity contribution in [2.75, 3.05) is 5.32 Å². The standard InChI is InChI=1S/C19H14ClN3O3/c20-15-9-5-4-8-14(15)19(24)18-16(23(25)26)10-11-17(22-18)21-12-13-6-2-1-3-7-13/h1-11H,12H2,(H,21,22). The highest BCUT2D eigenvalue weighted by Crippen LogP contribution is 2.25. The fraction of sp³-hybridized carbons (Fsp3) is 0.0526. The Labute approximate surface area is 154 Å². The van der Waals surface area contributed by atoms with Crippen molar-refractivity contribution in [2.24, 2.45) is 0 Å². The third-order valence-electron chi connectivity index (χ3n) is 3.72. The first-order chi connectivity index (χ1) is 12.6. The number of halogens is 1. The first-order valence-electron chi connectivity index (χ1n) is 7.78. The first-order valence-corrected chi connectivity index (χ1v) is 8.16. The van der Waals surface area contributed by atoms with Crippen LogP contribution in [0.25, 0.3) is 0 Å². The second kappa shape index (κ2) is 7.76. The number of aromatic nitrogens is 1. The van der Waals surface area contributed by atoms with Crippen LogP contribution < -0.4 is 5.32 Å². The topological polar surface area (TPSA) is 85.1 Å². The number of nitrogens with one attached hydrogen (secondary N) is 1. The van der Waals surface area contributed by atoms with Crippen LogP contribution in [0.3, 0.4) is 0 Å². The Morgan fingerprint density at radius 1 is 1.04 bits per heavy atom. The molecule has 0 saturated carbocycles. The van der Waals surface area contributed by atoms with E-state index in [4.69, 9.17) is 11.6 Å². The summed E-state index contributed by atoms with van der Waals surface area (Å²) in [6.45, 7) is 0.478. The third-order valence-corrected chi connectivity index (χ3v) is 4.05. The van der Waals surface area contributed by atoms with Gasteiger partial charge in [-0.3, -0.25) is 14.9 Å². The molecule has 6 nitrogen and oxygen atoms in total. The summed E-state index contributed by atoms with van der Waals surface area (Å²) in [5.41, 5.74) is 0.581. The van der Waals surface area contributed by atoms with Gasteiger partial charge >= 0.3 is 0 Å². The van der Waals surface area contributed by atoms with Crippen LogP contribution in [0, 0.1) is 10.1 Å². The number of nitrogens with zero attached hydrogens (tertiary/aromatic N) is 2. The van der Waals surface area contributed by atoms with E-state index < -0.39 is 10.7 Å². The largest absolute Gasteiger partial charge is 0.366 e. The lowest BCUT2D eigenvalue weighted by atomic mass is 10.1. The second-order valence-electron chi connectivity index (χ2n) is 5.47. The number of carbonyl (C=O) groups is 1. The van der Waals surface area contributed by atoms with Gasteiger partial charge in [0.1, 0.15) is 5.82 Å². The summed E-state index contributed by atoms with van der Waals surface area (Å²) in [4.78, 5) is 27.6. The van der Waals surface area contributed by atoms with Crippen molar-refractivity contribution in [2.45, 2.75) is 6.54 Å². The molecule has 1 heterocycles. The molecule has 1 aromatic heterocycles. The number of anilines is 1. The predicted molar refractivity (Wildman–Crippen MR) is 99.5 cm³/mol. The molecule has 0 spiro atoms. The second-order valence-corrected chi connectivity index (χ2v) is 5.88. The molecule has 1 N–H and O–H groups in total. The number of benzene rings is 2. The van der Waals surface area contributed by atoms with Gasteiger partial charge in [-0.1, -0.05) is 54.1 Å². The smallest absolute Gasteiger partial charge is 0.299 e. The van der Waals surface area contributed by atoms with Gasteiger partial charge in [0.25, 0.3) is 5.69 Å². The van der Waals surface area contributed by atoms with Crippen molar-refractivity contribution in [3.63, 3.8) is 0 Å². The van der Waals surface area contributed by atoms with E-state index in [2.05, 4.69) is 10.3 Å². The molecule has 2 aromatic carbocycles. The lowest BCUT2D eigenvalue weighted by molar-refractivity contribution is -0.385. The number of carbonyl (C=O) groups excluding carboxylic acids is 1. The molecule has 0 atom stereocenters. The highest BCUT2D eigenvalue weighted by molar-refractivity contribution is 6.35. The summed E-state index contributed by atoms with van der Waals surface area (Å²) in [7, 11) is 0. The minimum atomic E-state index is -0.627. The van der Waals surface area contributed by atoms with E-state index in [1.807, 2.05) is 30.3 Å². The fourth-order valence-corrected chi connectivity index (χ4v) is 2.65. The summed E-state index contributed by atoms with van der Waals surface area (Å²) in [5.74, 6) is -0.222. The Morgan fingerprint density at radius 3 is 2.42 bits per heavy atom. The van der Waals surface area contributed by atoms with Crippen LogP contribution in [-0.2, 0) is 6.54 Å². The molecule has 0 fully saturated rings. The van der Waals surface area contributed by atoms with Crippen LogP contribution in [-0.4, -0.2) is 15.7 Å². The summed E-state index contributed by atoms with van der Waals surface area (Å²) in [5, 5.41) is 14.6. The van der Waals surface area contributed by atoms with Crippen molar-refractivity contribution in [3.8, 4) is 0 Å². The van der Waals surface area contributed by atoms with Crippen molar-refractivity contribution < 1.29 is 9.72 Å². The molecule has 0 aliphatic carbocycles. The first kappa shape index (κ1) is 17.6. The molecule has 0 unspecified atom stereocenters. The van der Waals surface area contributed by atoms with Gasteiger partial charge in [0.2, 0.25) is 5.78 Å². The molecule has 130 valence electrons. The van der Waals surface area contributed by atoms with Crippen LogP contribution in [0.15, 0.2) is 66.7 Å². The van der Waals surface area contributed by atoms with Gasteiger partial charge in [-0.05, 0) is 23.8 Å². The lowest BCUT2D eigenvalue weighted by Gasteiger charge is -2.08. The molecule has 0 amide bonds. The van der Waals surface area contributed by atoms with Crippen molar-refractivity contribution in [3.05, 3.63) is 98.7 Å². The maximum atomic E-state index is 12.7. The SMILES string of the molecule is O=C(c1ccccc1Cl)c1nc(NCc2ccccc2)ccc1[N+](=O)[O-]. The zero-order chi connectivity index (χ0) is 18.5. The van der Waals surface area contributed by atoms with Gasteiger partial charge in [-0.25, -0.2) is 4.98 Å². The van der Waals surface area contributed by atoms with Crippen LogP contribution in [0.2, 0.25) is 5.02 Å². The van der Waals surface area contributed by atoms with Crippen molar-refractivity contribution in [1.29, 1.82) is 0 Å². The maximum Gasteiger partial charge on any atom is 0.299 e. The van der Waals surface area contributed by atoms with Crippen LogP contribution in [0.4, 0.5) is 11.5 Å². The van der Waals surface area contributed by atoms with E-state index in [0.717, 1.165) is 5.56 Å². The maximum absolute atomic E-state index is 12.7. The van der Waals surface area contributed by atoms with Crippen molar-refractivity contribution in [1.82, 2.24) is 4.98 Å². The molecule has 0 aliphatic heterocycles. The predicted octanol–water partition coefficient (Wildman–Crippen LogP) is 4.49. The molecule has 3 rings (SSSR count). The number of nitro groups is 1. The zero-order valence-corrected chi connectivity index (χ0v) is 14.3. The Hall–Kier alpha value is -3.25. The monoisotopic (exact) mass is 367 g/mol. The highest BCUT2D eigenvalue weighted by Gasteiger charge is 2.25. The van der Waals surface area contributed by atoms with Crippen molar-refractivity contribution >= 4 is 28.9 Å². The molecule has 7 heteroatoms. The molecule has 0 radical (unpaired) electrons. The molecular formula is C19H14ClN3O3. The summed E-state index contributed by atoms with van der Waals surface area (Å²) < 4.78 is 0. The van der Waals surface area contributed by atoms with Gasteiger partial charge in [-0.15, -0.1) is 0 Å². The van der Waals surface area contributed by atoms with Crippen LogP contribution in [0.1, 0.15) is 21.6 Å². The molecular weight excluding hydrogens is 354 g/mol. The van der Waals surface area contributed by atoms with Gasteiger partial charge in [0, 0.05) is 18.2 Å². The van der Waals surface area contributed by atoms with E-state index in [-0.39, 0.29) is 22.0 Å². The lowest BCUT2D eigenvalue weighted by Crippen LogP contribution is -2.11. The molecule has 0 saturated heterocycles. The van der Waals surface area contributed by atoms with E-state index in [9.17, 15) is 14.9 Å². The minimum absolute atomic E-state index is 0.171. The average molecular weight is 368 g/mol. The quantitative estimate of drug-likeness (QED) is 0.394. The van der Waals surface area contributed by atoms with Gasteiger partial charge < -0.3 is 5.32 Å². The van der Waals surface area contributed by atoms with E-state index in [1.54, 1.807) is 18.2 Å². The van der Waals surface area contributed by atoms with E-state index in [1.165, 1.54) is 18.2 Å². The average Bonchev–Trinajstić information content (AvgIpc) is 2.66. The number of pyridine rings is 1. The third kappa shape index (κ3) is 3.87. The Bertz CT molecular complexity index is 961. The van der Waals surface area contributed by atoms with Gasteiger partial charge in [0.15, 0.2) is 5.69 Å². The minimum Gasteiger partial charge on any atom is -0.366 e. The Morgan fingerprint density at radius 2 is 1.73 bits per heavy atom. The number of ketones is 1. The fourth-order valence-electron chi connectivity index (χ4n) is 2.43. The van der Waals surface area contributed by atoms with E-state index >= 15 is 0 Å². The van der Waals surface area contributed by atoms with E-state index in [0.29, 0.717) is 12.4 Å². The number of rotatable bonds is 6. The molecule has 0 bridgehead atoms. The normalized spacial score (nSPS) is 10.3.